The molecular weight excluding hydrogens is 549 g/mol. The summed E-state index contributed by atoms with van der Waals surface area (Å²) in [4.78, 5) is 33.3. The summed E-state index contributed by atoms with van der Waals surface area (Å²) in [5, 5.41) is 13.9. The fourth-order valence-corrected chi connectivity index (χ4v) is 5.77. The summed E-state index contributed by atoms with van der Waals surface area (Å²) in [5.41, 5.74) is 4.89. The lowest BCUT2D eigenvalue weighted by molar-refractivity contribution is -0.140. The van der Waals surface area contributed by atoms with Crippen molar-refractivity contribution in [2.24, 2.45) is 5.92 Å². The van der Waals surface area contributed by atoms with Crippen molar-refractivity contribution in [1.29, 1.82) is 0 Å². The van der Waals surface area contributed by atoms with Crippen molar-refractivity contribution in [2.75, 3.05) is 32.1 Å². The van der Waals surface area contributed by atoms with Crippen LogP contribution in [0.5, 0.6) is 0 Å². The average molecular weight is 580 g/mol. The summed E-state index contributed by atoms with van der Waals surface area (Å²) in [5.74, 6) is -1.23. The van der Waals surface area contributed by atoms with Gasteiger partial charge in [0, 0.05) is 50.6 Å². The van der Waals surface area contributed by atoms with Crippen LogP contribution in [0, 0.1) is 25.6 Å². The standard InChI is InChI=1S/C30H31ClFN5O4/c1-17-6-5-7-18(2)29(17)35(3)27-15-23(19-8-9-22(32)21(31)12-19)33-26-14-24(34-37(26)27)30(40)36-11-10-20(13-28(38)39)25(16-36)41-4/h5-9,12,14-15,20,25H,10-11,13,16H2,1-4H3,(H,38,39). The number of hydrogen-bond acceptors (Lipinski definition) is 6. The van der Waals surface area contributed by atoms with Gasteiger partial charge in [0.1, 0.15) is 11.6 Å². The smallest absolute Gasteiger partial charge is 0.303 e. The molecule has 1 aliphatic heterocycles. The van der Waals surface area contributed by atoms with Gasteiger partial charge >= 0.3 is 5.97 Å². The fourth-order valence-electron chi connectivity index (χ4n) is 5.59. The molecule has 9 nitrogen and oxygen atoms in total. The Morgan fingerprint density at radius 1 is 1.17 bits per heavy atom. The fraction of sp³-hybridized carbons (Fsp3) is 0.333. The number of aliphatic carboxylic acids is 1. The molecule has 0 aliphatic carbocycles. The number of nitrogens with zero attached hydrogens (tertiary/aromatic N) is 5. The van der Waals surface area contributed by atoms with Crippen molar-refractivity contribution in [2.45, 2.75) is 32.8 Å². The van der Waals surface area contributed by atoms with E-state index in [4.69, 9.17) is 21.3 Å². The van der Waals surface area contributed by atoms with E-state index in [0.717, 1.165) is 16.8 Å². The van der Waals surface area contributed by atoms with Gasteiger partial charge < -0.3 is 19.6 Å². The Morgan fingerprint density at radius 3 is 2.56 bits per heavy atom. The van der Waals surface area contributed by atoms with Gasteiger partial charge in [-0.3, -0.25) is 9.59 Å². The molecule has 1 aliphatic rings. The molecule has 3 heterocycles. The molecule has 2 atom stereocenters. The molecule has 11 heteroatoms. The highest BCUT2D eigenvalue weighted by Crippen LogP contribution is 2.34. The largest absolute Gasteiger partial charge is 0.481 e. The molecule has 4 aromatic rings. The van der Waals surface area contributed by atoms with Gasteiger partial charge in [-0.1, -0.05) is 29.8 Å². The van der Waals surface area contributed by atoms with Crippen molar-refractivity contribution in [3.05, 3.63) is 76.2 Å². The van der Waals surface area contributed by atoms with E-state index < -0.39 is 11.8 Å². The van der Waals surface area contributed by atoms with Crippen molar-refractivity contribution in [1.82, 2.24) is 19.5 Å². The molecule has 1 N–H and O–H groups in total. The number of rotatable bonds is 7. The Labute approximate surface area is 242 Å². The summed E-state index contributed by atoms with van der Waals surface area (Å²) in [6.07, 6.45) is 0.112. The number of fused-ring (bicyclic) bond motifs is 1. The minimum atomic E-state index is -0.887. The maximum Gasteiger partial charge on any atom is 0.303 e. The maximum absolute atomic E-state index is 13.9. The lowest BCUT2D eigenvalue weighted by Gasteiger charge is -2.36. The predicted molar refractivity (Wildman–Crippen MR) is 154 cm³/mol. The number of carboxylic acid groups (broad SMARTS) is 1. The van der Waals surface area contributed by atoms with Crippen LogP contribution in [0.2, 0.25) is 5.02 Å². The van der Waals surface area contributed by atoms with Crippen molar-refractivity contribution in [3.63, 3.8) is 0 Å². The van der Waals surface area contributed by atoms with E-state index >= 15 is 0 Å². The maximum atomic E-state index is 13.9. The zero-order valence-corrected chi connectivity index (χ0v) is 24.0. The number of hydrogen-bond donors (Lipinski definition) is 1. The second-order valence-corrected chi connectivity index (χ2v) is 10.8. The Hall–Kier alpha value is -4.02. The van der Waals surface area contributed by atoms with Crippen LogP contribution in [-0.4, -0.2) is 69.8 Å². The number of piperidine rings is 1. The van der Waals surface area contributed by atoms with Gasteiger partial charge in [-0.15, -0.1) is 0 Å². The van der Waals surface area contributed by atoms with Gasteiger partial charge in [0.15, 0.2) is 11.3 Å². The molecule has 0 radical (unpaired) electrons. The average Bonchev–Trinajstić information content (AvgIpc) is 3.37. The van der Waals surface area contributed by atoms with Gasteiger partial charge in [0.2, 0.25) is 0 Å². The number of ether oxygens (including phenoxy) is 1. The number of aromatic nitrogens is 3. The predicted octanol–water partition coefficient (Wildman–Crippen LogP) is 5.53. The third-order valence-corrected chi connectivity index (χ3v) is 7.97. The summed E-state index contributed by atoms with van der Waals surface area (Å²) >= 11 is 6.09. The number of methoxy groups -OCH3 is 1. The normalized spacial score (nSPS) is 17.2. The number of likely N-dealkylation sites (tertiary alicyclic amines) is 1. The number of halogens is 2. The Bertz CT molecular complexity index is 1620. The molecule has 41 heavy (non-hydrogen) atoms. The molecule has 1 amide bonds. The molecular formula is C30H31ClFN5O4. The van der Waals surface area contributed by atoms with E-state index in [0.29, 0.717) is 35.7 Å². The number of amides is 1. The third kappa shape index (κ3) is 5.62. The van der Waals surface area contributed by atoms with E-state index in [1.807, 2.05) is 50.1 Å². The Kier molecular flexibility index (Phi) is 7.97. The van der Waals surface area contributed by atoms with Crippen LogP contribution in [0.4, 0.5) is 15.9 Å². The van der Waals surface area contributed by atoms with E-state index in [1.54, 1.807) is 21.5 Å². The van der Waals surface area contributed by atoms with Crippen LogP contribution >= 0.6 is 11.6 Å². The number of carbonyl (C=O) groups excluding carboxylic acids is 1. The van der Waals surface area contributed by atoms with Crippen LogP contribution in [-0.2, 0) is 9.53 Å². The van der Waals surface area contributed by atoms with Crippen LogP contribution in [0.25, 0.3) is 16.9 Å². The molecule has 0 saturated carbocycles. The van der Waals surface area contributed by atoms with Crippen LogP contribution in [0.3, 0.4) is 0 Å². The second kappa shape index (κ2) is 11.5. The molecule has 2 aromatic heterocycles. The first-order valence-corrected chi connectivity index (χ1v) is 13.6. The molecule has 2 aromatic carbocycles. The van der Waals surface area contributed by atoms with Gasteiger partial charge in [0.25, 0.3) is 5.91 Å². The summed E-state index contributed by atoms with van der Waals surface area (Å²) in [7, 11) is 3.45. The number of benzene rings is 2. The van der Waals surface area contributed by atoms with Crippen molar-refractivity contribution >= 4 is 40.6 Å². The molecule has 2 unspecified atom stereocenters. The van der Waals surface area contributed by atoms with E-state index in [9.17, 15) is 19.1 Å². The third-order valence-electron chi connectivity index (χ3n) is 7.68. The highest BCUT2D eigenvalue weighted by Gasteiger charge is 2.34. The molecule has 1 saturated heterocycles. The number of para-hydroxylation sites is 1. The number of carbonyl (C=O) groups is 2. The highest BCUT2D eigenvalue weighted by atomic mass is 35.5. The zero-order chi connectivity index (χ0) is 29.4. The van der Waals surface area contributed by atoms with Crippen LogP contribution in [0.15, 0.2) is 48.5 Å². The molecule has 1 fully saturated rings. The minimum Gasteiger partial charge on any atom is -0.481 e. The Morgan fingerprint density at radius 2 is 1.90 bits per heavy atom. The quantitative estimate of drug-likeness (QED) is 0.307. The lowest BCUT2D eigenvalue weighted by atomic mass is 9.90. The monoisotopic (exact) mass is 579 g/mol. The van der Waals surface area contributed by atoms with Crippen LogP contribution in [0.1, 0.15) is 34.5 Å². The number of carboxylic acids is 1. The molecule has 0 bridgehead atoms. The van der Waals surface area contributed by atoms with E-state index in [1.165, 1.54) is 19.2 Å². The number of aryl methyl sites for hydroxylation is 2. The lowest BCUT2D eigenvalue weighted by Crippen LogP contribution is -2.48. The molecule has 5 rings (SSSR count). The summed E-state index contributed by atoms with van der Waals surface area (Å²) < 4.78 is 21.1. The minimum absolute atomic E-state index is 0.0109. The Balaban J connectivity index is 1.58. The molecule has 0 spiro atoms. The first-order valence-electron chi connectivity index (χ1n) is 13.3. The zero-order valence-electron chi connectivity index (χ0n) is 23.3. The SMILES string of the molecule is COC1CN(C(=O)c2cc3nc(-c4ccc(F)c(Cl)c4)cc(N(C)c4c(C)cccc4C)n3n2)CCC1CC(=O)O. The topological polar surface area (TPSA) is 100 Å². The second-order valence-electron chi connectivity index (χ2n) is 10.4. The van der Waals surface area contributed by atoms with Gasteiger partial charge in [-0.25, -0.2) is 9.37 Å². The van der Waals surface area contributed by atoms with E-state index in [2.05, 4.69) is 5.10 Å². The van der Waals surface area contributed by atoms with Crippen LogP contribution < -0.4 is 4.90 Å². The first-order chi connectivity index (χ1) is 19.6. The van der Waals surface area contributed by atoms with E-state index in [-0.39, 0.29) is 41.6 Å². The first kappa shape index (κ1) is 28.5. The van der Waals surface area contributed by atoms with Gasteiger partial charge in [-0.2, -0.15) is 9.61 Å². The van der Waals surface area contributed by atoms with Gasteiger partial charge in [-0.05, 0) is 55.5 Å². The molecule has 214 valence electrons. The summed E-state index contributed by atoms with van der Waals surface area (Å²) in [6.45, 7) is 4.71. The van der Waals surface area contributed by atoms with Gasteiger partial charge in [0.05, 0.1) is 23.2 Å². The van der Waals surface area contributed by atoms with Crippen molar-refractivity contribution in [3.8, 4) is 11.3 Å². The van der Waals surface area contributed by atoms with Crippen molar-refractivity contribution < 1.29 is 23.8 Å². The number of anilines is 2. The highest BCUT2D eigenvalue weighted by molar-refractivity contribution is 6.31. The summed E-state index contributed by atoms with van der Waals surface area (Å²) in [6, 6.07) is 13.9.